The monoisotopic (exact) mass is 392 g/mol. The van der Waals surface area contributed by atoms with Gasteiger partial charge in [-0.1, -0.05) is 6.07 Å². The molecule has 7 nitrogen and oxygen atoms in total. The van der Waals surface area contributed by atoms with Crippen LogP contribution in [0.3, 0.4) is 0 Å². The van der Waals surface area contributed by atoms with Gasteiger partial charge in [-0.15, -0.1) is 0 Å². The third kappa shape index (κ3) is 4.38. The van der Waals surface area contributed by atoms with E-state index in [-0.39, 0.29) is 5.76 Å². The van der Waals surface area contributed by atoms with Gasteiger partial charge in [-0.05, 0) is 57.2 Å². The Hall–Kier alpha value is -3.79. The number of nitriles is 1. The van der Waals surface area contributed by atoms with Crippen molar-refractivity contribution in [2.45, 2.75) is 26.9 Å². The molecule has 1 N–H and O–H groups in total. The quantitative estimate of drug-likeness (QED) is 0.631. The topological polar surface area (TPSA) is 102 Å². The Bertz CT molecular complexity index is 1110. The number of rotatable bonds is 6. The highest BCUT2D eigenvalue weighted by atomic mass is 16.6. The molecule has 0 fully saturated rings. The third-order valence-corrected chi connectivity index (χ3v) is 4.32. The van der Waals surface area contributed by atoms with E-state index < -0.39 is 18.0 Å². The number of carbonyl (C=O) groups is 2. The molecule has 3 rings (SSSR count). The second-order valence-electron chi connectivity index (χ2n) is 6.38. The lowest BCUT2D eigenvalue weighted by Crippen LogP contribution is -2.30. The van der Waals surface area contributed by atoms with Crippen LogP contribution in [0.4, 0.5) is 5.69 Å². The van der Waals surface area contributed by atoms with Crippen molar-refractivity contribution >= 4 is 28.5 Å². The molecule has 0 saturated heterocycles. The summed E-state index contributed by atoms with van der Waals surface area (Å²) < 4.78 is 16.4. The van der Waals surface area contributed by atoms with Crippen LogP contribution in [0.25, 0.3) is 11.0 Å². The van der Waals surface area contributed by atoms with Gasteiger partial charge in [-0.2, -0.15) is 5.26 Å². The first kappa shape index (κ1) is 20.0. The average molecular weight is 392 g/mol. The van der Waals surface area contributed by atoms with Crippen molar-refractivity contribution in [2.75, 3.05) is 11.9 Å². The molecule has 2 aromatic carbocycles. The number of fused-ring (bicyclic) bond motifs is 1. The Morgan fingerprint density at radius 2 is 2.03 bits per heavy atom. The number of amides is 1. The Labute approximate surface area is 167 Å². The van der Waals surface area contributed by atoms with Crippen LogP contribution in [-0.2, 0) is 9.53 Å². The summed E-state index contributed by atoms with van der Waals surface area (Å²) in [6, 6.07) is 13.7. The number of ether oxygens (including phenoxy) is 2. The van der Waals surface area contributed by atoms with E-state index in [0.717, 1.165) is 5.39 Å². The number of carbonyl (C=O) groups excluding carboxylic acids is 2. The maximum Gasteiger partial charge on any atom is 0.375 e. The zero-order valence-electron chi connectivity index (χ0n) is 16.3. The molecule has 148 valence electrons. The number of furan rings is 1. The zero-order chi connectivity index (χ0) is 21.0. The van der Waals surface area contributed by atoms with E-state index in [1.54, 1.807) is 43.3 Å². The lowest BCUT2D eigenvalue weighted by molar-refractivity contribution is -0.123. The number of nitrogens with zero attached hydrogens (tertiary/aromatic N) is 1. The van der Waals surface area contributed by atoms with Gasteiger partial charge in [0.25, 0.3) is 5.91 Å². The minimum absolute atomic E-state index is 0.0415. The van der Waals surface area contributed by atoms with Crippen LogP contribution in [0, 0.1) is 18.3 Å². The fourth-order valence-corrected chi connectivity index (χ4v) is 2.83. The van der Waals surface area contributed by atoms with Crippen LogP contribution in [0.5, 0.6) is 5.75 Å². The summed E-state index contributed by atoms with van der Waals surface area (Å²) in [7, 11) is 0. The molecule has 0 aliphatic rings. The minimum Gasteiger partial charge on any atom is -0.494 e. The van der Waals surface area contributed by atoms with Crippen LogP contribution in [0.15, 0.2) is 46.9 Å². The fraction of sp³-hybridized carbons (Fsp3) is 0.227. The summed E-state index contributed by atoms with van der Waals surface area (Å²) in [5.41, 5.74) is 2.00. The standard InChI is InChI=1S/C22H20N2O5/c1-4-27-17-8-9-19-18(11-17)13(2)20(29-19)22(26)28-14(3)21(25)24-16-7-5-6-15(10-16)12-23/h5-11,14H,4H2,1-3H3,(H,24,25)/t14-/m0/s1. The fourth-order valence-electron chi connectivity index (χ4n) is 2.83. The van der Waals surface area contributed by atoms with Crippen molar-refractivity contribution in [3.05, 3.63) is 59.4 Å². The van der Waals surface area contributed by atoms with Gasteiger partial charge in [-0.3, -0.25) is 4.79 Å². The van der Waals surface area contributed by atoms with Crippen LogP contribution in [-0.4, -0.2) is 24.6 Å². The molecular weight excluding hydrogens is 372 g/mol. The molecular formula is C22H20N2O5. The predicted octanol–water partition coefficient (Wildman–Crippen LogP) is 4.20. The number of aryl methyl sites for hydroxylation is 1. The Balaban J connectivity index is 1.72. The molecule has 0 radical (unpaired) electrons. The third-order valence-electron chi connectivity index (χ3n) is 4.32. The first-order valence-corrected chi connectivity index (χ1v) is 9.11. The number of esters is 1. The highest BCUT2D eigenvalue weighted by molar-refractivity contribution is 5.99. The van der Waals surface area contributed by atoms with Gasteiger partial charge in [0.05, 0.1) is 18.2 Å². The van der Waals surface area contributed by atoms with Gasteiger partial charge < -0.3 is 19.2 Å². The zero-order valence-corrected chi connectivity index (χ0v) is 16.3. The number of benzene rings is 2. The molecule has 0 saturated carbocycles. The number of nitrogens with one attached hydrogen (secondary N) is 1. The molecule has 7 heteroatoms. The minimum atomic E-state index is -1.06. The van der Waals surface area contributed by atoms with E-state index in [0.29, 0.717) is 34.8 Å². The van der Waals surface area contributed by atoms with Crippen LogP contribution in [0.1, 0.15) is 35.5 Å². The highest BCUT2D eigenvalue weighted by Gasteiger charge is 2.24. The van der Waals surface area contributed by atoms with Crippen molar-refractivity contribution in [3.8, 4) is 11.8 Å². The van der Waals surface area contributed by atoms with Crippen molar-refractivity contribution < 1.29 is 23.5 Å². The van der Waals surface area contributed by atoms with E-state index in [1.807, 2.05) is 13.0 Å². The molecule has 3 aromatic rings. The van der Waals surface area contributed by atoms with Crippen molar-refractivity contribution in [3.63, 3.8) is 0 Å². The van der Waals surface area contributed by atoms with Crippen molar-refractivity contribution in [1.29, 1.82) is 5.26 Å². The summed E-state index contributed by atoms with van der Waals surface area (Å²) in [5, 5.41) is 12.3. The van der Waals surface area contributed by atoms with Crippen molar-refractivity contribution in [2.24, 2.45) is 0 Å². The maximum absolute atomic E-state index is 12.5. The summed E-state index contributed by atoms with van der Waals surface area (Å²) in [6.45, 7) is 5.63. The van der Waals surface area contributed by atoms with Crippen LogP contribution in [0.2, 0.25) is 0 Å². The predicted molar refractivity (Wildman–Crippen MR) is 107 cm³/mol. The lowest BCUT2D eigenvalue weighted by atomic mass is 10.1. The second kappa shape index (κ2) is 8.48. The molecule has 1 aromatic heterocycles. The molecule has 29 heavy (non-hydrogen) atoms. The number of hydrogen-bond donors (Lipinski definition) is 1. The van der Waals surface area contributed by atoms with Crippen LogP contribution < -0.4 is 10.1 Å². The molecule has 1 atom stereocenters. The second-order valence-corrected chi connectivity index (χ2v) is 6.38. The summed E-state index contributed by atoms with van der Waals surface area (Å²) in [6.07, 6.45) is -1.06. The van der Waals surface area contributed by atoms with Gasteiger partial charge in [-0.25, -0.2) is 4.79 Å². The average Bonchev–Trinajstić information content (AvgIpc) is 3.04. The van der Waals surface area contributed by atoms with E-state index in [1.165, 1.54) is 13.0 Å². The first-order valence-electron chi connectivity index (χ1n) is 9.11. The summed E-state index contributed by atoms with van der Waals surface area (Å²) >= 11 is 0. The van der Waals surface area contributed by atoms with E-state index >= 15 is 0 Å². The molecule has 0 bridgehead atoms. The van der Waals surface area contributed by atoms with Crippen molar-refractivity contribution in [1.82, 2.24) is 0 Å². The Morgan fingerprint density at radius 1 is 1.24 bits per heavy atom. The summed E-state index contributed by atoms with van der Waals surface area (Å²) in [4.78, 5) is 24.9. The van der Waals surface area contributed by atoms with Crippen LogP contribution >= 0.6 is 0 Å². The molecule has 1 heterocycles. The van der Waals surface area contributed by atoms with E-state index in [2.05, 4.69) is 5.32 Å². The first-order chi connectivity index (χ1) is 13.9. The maximum atomic E-state index is 12.5. The molecule has 0 spiro atoms. The summed E-state index contributed by atoms with van der Waals surface area (Å²) in [5.74, 6) is -0.526. The molecule has 0 unspecified atom stereocenters. The number of hydrogen-bond acceptors (Lipinski definition) is 6. The number of anilines is 1. The van der Waals surface area contributed by atoms with E-state index in [4.69, 9.17) is 19.2 Å². The van der Waals surface area contributed by atoms with Gasteiger partial charge in [0.15, 0.2) is 6.10 Å². The van der Waals surface area contributed by atoms with Gasteiger partial charge >= 0.3 is 5.97 Å². The Kier molecular flexibility index (Phi) is 5.84. The lowest BCUT2D eigenvalue weighted by Gasteiger charge is -2.13. The smallest absolute Gasteiger partial charge is 0.375 e. The van der Waals surface area contributed by atoms with Gasteiger partial charge in [0.1, 0.15) is 11.3 Å². The molecule has 1 amide bonds. The largest absolute Gasteiger partial charge is 0.494 e. The van der Waals surface area contributed by atoms with E-state index in [9.17, 15) is 9.59 Å². The highest BCUT2D eigenvalue weighted by Crippen LogP contribution is 2.29. The molecule has 0 aliphatic heterocycles. The Morgan fingerprint density at radius 3 is 2.76 bits per heavy atom. The van der Waals surface area contributed by atoms with Gasteiger partial charge in [0.2, 0.25) is 5.76 Å². The SMILES string of the molecule is CCOc1ccc2oc(C(=O)O[C@@H](C)C(=O)Nc3cccc(C#N)c3)c(C)c2c1. The normalized spacial score (nSPS) is 11.5. The molecule has 0 aliphatic carbocycles. The van der Waals surface area contributed by atoms with Gasteiger partial charge in [0, 0.05) is 16.6 Å².